The van der Waals surface area contributed by atoms with Crippen LogP contribution in [0.3, 0.4) is 0 Å². The monoisotopic (exact) mass is 481 g/mol. The number of para-hydroxylation sites is 1. The van der Waals surface area contributed by atoms with E-state index in [1.54, 1.807) is 30.7 Å². The number of fused-ring (bicyclic) bond motifs is 4. The fraction of sp³-hybridized carbons (Fsp3) is 0.143. The molecular formula is C28H23N3O3S. The van der Waals surface area contributed by atoms with Gasteiger partial charge in [0, 0.05) is 40.5 Å². The minimum Gasteiger partial charge on any atom is -0.478 e. The number of aromatic carboxylic acids is 1. The van der Waals surface area contributed by atoms with E-state index in [1.807, 2.05) is 12.1 Å². The molecule has 0 radical (unpaired) electrons. The number of hydrogen-bond acceptors (Lipinski definition) is 3. The Morgan fingerprint density at radius 2 is 1.94 bits per heavy atom. The van der Waals surface area contributed by atoms with E-state index in [9.17, 15) is 9.90 Å². The van der Waals surface area contributed by atoms with Crippen molar-refractivity contribution in [3.63, 3.8) is 0 Å². The number of H-pyrrole nitrogens is 1. The average Bonchev–Trinajstić information content (AvgIpc) is 3.50. The maximum atomic E-state index is 11.3. The number of aromatic nitrogens is 1. The smallest absolute Gasteiger partial charge is 0.335 e. The molecule has 0 aliphatic carbocycles. The molecule has 5 aromatic rings. The average molecular weight is 482 g/mol. The van der Waals surface area contributed by atoms with Crippen molar-refractivity contribution in [1.82, 2.24) is 15.2 Å². The predicted octanol–water partition coefficient (Wildman–Crippen LogP) is 5.63. The summed E-state index contributed by atoms with van der Waals surface area (Å²) in [5, 5.41) is 16.7. The Labute approximate surface area is 207 Å². The van der Waals surface area contributed by atoms with Crippen LogP contribution in [0.2, 0.25) is 0 Å². The molecule has 0 bridgehead atoms. The van der Waals surface area contributed by atoms with Crippen molar-refractivity contribution in [3.05, 3.63) is 107 Å². The first-order chi connectivity index (χ1) is 17.1. The molecule has 3 heterocycles. The van der Waals surface area contributed by atoms with Gasteiger partial charge in [-0.1, -0.05) is 42.5 Å². The molecule has 1 unspecified atom stereocenters. The van der Waals surface area contributed by atoms with Crippen molar-refractivity contribution in [1.29, 1.82) is 0 Å². The molecule has 0 amide bonds. The zero-order chi connectivity index (χ0) is 23.9. The van der Waals surface area contributed by atoms with Crippen LogP contribution < -0.4 is 5.32 Å². The molecule has 7 heteroatoms. The fourth-order valence-corrected chi connectivity index (χ4v) is 5.32. The summed E-state index contributed by atoms with van der Waals surface area (Å²) in [5.41, 5.74) is 5.86. The Kier molecular flexibility index (Phi) is 5.26. The summed E-state index contributed by atoms with van der Waals surface area (Å²) in [5.74, 6) is -0.938. The van der Waals surface area contributed by atoms with E-state index >= 15 is 0 Å². The first-order valence-electron chi connectivity index (χ1n) is 11.5. The van der Waals surface area contributed by atoms with E-state index in [0.29, 0.717) is 11.7 Å². The lowest BCUT2D eigenvalue weighted by Gasteiger charge is -2.38. The van der Waals surface area contributed by atoms with Crippen LogP contribution in [0.15, 0.2) is 83.7 Å². The molecule has 6 rings (SSSR count). The number of rotatable bonds is 4. The molecule has 35 heavy (non-hydrogen) atoms. The molecule has 3 N–H and O–H groups in total. The van der Waals surface area contributed by atoms with E-state index in [2.05, 4.69) is 51.6 Å². The molecule has 0 saturated heterocycles. The normalized spacial score (nSPS) is 15.3. The quantitative estimate of drug-likeness (QED) is 0.289. The van der Waals surface area contributed by atoms with Crippen molar-refractivity contribution >= 4 is 45.0 Å². The Bertz CT molecular complexity index is 1580. The zero-order valence-corrected chi connectivity index (χ0v) is 19.6. The van der Waals surface area contributed by atoms with Gasteiger partial charge in [-0.3, -0.25) is 0 Å². The molecule has 174 valence electrons. The van der Waals surface area contributed by atoms with E-state index in [4.69, 9.17) is 16.6 Å². The second-order valence-corrected chi connectivity index (χ2v) is 9.22. The minimum atomic E-state index is -0.938. The Hall–Kier alpha value is -4.10. The zero-order valence-electron chi connectivity index (χ0n) is 18.8. The number of nitrogens with zero attached hydrogens (tertiary/aromatic N) is 1. The molecule has 1 atom stereocenters. The molecule has 6 nitrogen and oxygen atoms in total. The summed E-state index contributed by atoms with van der Waals surface area (Å²) < 4.78 is 5.41. The molecule has 1 aliphatic heterocycles. The highest BCUT2D eigenvalue weighted by atomic mass is 32.1. The van der Waals surface area contributed by atoms with Crippen molar-refractivity contribution in [2.24, 2.45) is 0 Å². The van der Waals surface area contributed by atoms with E-state index in [1.165, 1.54) is 10.9 Å². The maximum Gasteiger partial charge on any atom is 0.335 e. The second-order valence-electron chi connectivity index (χ2n) is 8.83. The number of furan rings is 1. The van der Waals surface area contributed by atoms with Crippen molar-refractivity contribution < 1.29 is 14.3 Å². The molecule has 0 saturated carbocycles. The Morgan fingerprint density at radius 1 is 1.09 bits per heavy atom. The van der Waals surface area contributed by atoms with Gasteiger partial charge >= 0.3 is 5.97 Å². The molecule has 3 aromatic carbocycles. The van der Waals surface area contributed by atoms with Gasteiger partial charge in [-0.15, -0.1) is 0 Å². The SMILES string of the molecule is O=C(O)c1cccc(CNC(=S)N2CCc3c([nH]c4ccccc34)C2c2ccc3cocc3c2)c1. The van der Waals surface area contributed by atoms with Gasteiger partial charge in [0.15, 0.2) is 5.11 Å². The van der Waals surface area contributed by atoms with Crippen LogP contribution in [0, 0.1) is 0 Å². The summed E-state index contributed by atoms with van der Waals surface area (Å²) in [7, 11) is 0. The molecular weight excluding hydrogens is 458 g/mol. The molecule has 1 aliphatic rings. The third-order valence-corrected chi connectivity index (χ3v) is 7.11. The summed E-state index contributed by atoms with van der Waals surface area (Å²) >= 11 is 5.89. The predicted molar refractivity (Wildman–Crippen MR) is 140 cm³/mol. The Balaban J connectivity index is 1.36. The third-order valence-electron chi connectivity index (χ3n) is 6.73. The van der Waals surface area contributed by atoms with Gasteiger partial charge in [0.2, 0.25) is 0 Å². The van der Waals surface area contributed by atoms with Gasteiger partial charge in [-0.25, -0.2) is 4.79 Å². The topological polar surface area (TPSA) is 81.5 Å². The highest BCUT2D eigenvalue weighted by Crippen LogP contribution is 2.39. The number of aromatic amines is 1. The van der Waals surface area contributed by atoms with E-state index < -0.39 is 5.97 Å². The van der Waals surface area contributed by atoms with Gasteiger partial charge in [0.25, 0.3) is 0 Å². The largest absolute Gasteiger partial charge is 0.478 e. The summed E-state index contributed by atoms with van der Waals surface area (Å²) in [4.78, 5) is 17.2. The van der Waals surface area contributed by atoms with Gasteiger partial charge in [-0.2, -0.15) is 0 Å². The second kappa shape index (κ2) is 8.60. The van der Waals surface area contributed by atoms with Crippen molar-refractivity contribution in [2.75, 3.05) is 6.54 Å². The third kappa shape index (κ3) is 3.84. The first kappa shape index (κ1) is 21.4. The highest BCUT2D eigenvalue weighted by Gasteiger charge is 2.33. The number of benzene rings is 3. The van der Waals surface area contributed by atoms with E-state index in [-0.39, 0.29) is 11.6 Å². The molecule has 0 spiro atoms. The summed E-state index contributed by atoms with van der Waals surface area (Å²) in [6, 6.07) is 21.6. The van der Waals surface area contributed by atoms with Crippen LogP contribution in [0.25, 0.3) is 21.7 Å². The highest BCUT2D eigenvalue weighted by molar-refractivity contribution is 7.80. The summed E-state index contributed by atoms with van der Waals surface area (Å²) in [6.07, 6.45) is 4.40. The lowest BCUT2D eigenvalue weighted by Crippen LogP contribution is -2.45. The van der Waals surface area contributed by atoms with Crippen LogP contribution in [0.5, 0.6) is 0 Å². The lowest BCUT2D eigenvalue weighted by molar-refractivity contribution is 0.0696. The number of carboxylic acids is 1. The number of nitrogens with one attached hydrogen (secondary N) is 2. The minimum absolute atomic E-state index is 0.0872. The van der Waals surface area contributed by atoms with Crippen LogP contribution in [0.4, 0.5) is 0 Å². The Morgan fingerprint density at radius 3 is 2.83 bits per heavy atom. The number of hydrogen-bond donors (Lipinski definition) is 3. The summed E-state index contributed by atoms with van der Waals surface area (Å²) in [6.45, 7) is 1.22. The molecule has 2 aromatic heterocycles. The van der Waals surface area contributed by atoms with Gasteiger partial charge < -0.3 is 24.7 Å². The van der Waals surface area contributed by atoms with Crippen LogP contribution in [-0.4, -0.2) is 32.6 Å². The van der Waals surface area contributed by atoms with Gasteiger partial charge in [0.05, 0.1) is 24.1 Å². The number of carboxylic acid groups (broad SMARTS) is 1. The standard InChI is InChI=1S/C28H23N3O3S/c32-27(33)19-5-3-4-17(12-19)14-29-28(35)31-11-10-23-22-6-1-2-7-24(22)30-25(23)26(31)18-8-9-20-15-34-16-21(20)13-18/h1-9,12-13,15-16,26,30H,10-11,14H2,(H,29,35)(H,32,33). The molecule has 0 fully saturated rings. The van der Waals surface area contributed by atoms with Crippen LogP contribution in [0.1, 0.15) is 38.8 Å². The van der Waals surface area contributed by atoms with E-state index in [0.717, 1.165) is 46.1 Å². The fourth-order valence-electron chi connectivity index (χ4n) is 5.05. The number of carbonyl (C=O) groups is 1. The van der Waals surface area contributed by atoms with Crippen LogP contribution >= 0.6 is 12.2 Å². The maximum absolute atomic E-state index is 11.3. The van der Waals surface area contributed by atoms with Crippen molar-refractivity contribution in [2.45, 2.75) is 19.0 Å². The number of thiocarbonyl (C=S) groups is 1. The first-order valence-corrected chi connectivity index (χ1v) is 11.9. The van der Waals surface area contributed by atoms with Gasteiger partial charge in [-0.05, 0) is 59.6 Å². The van der Waals surface area contributed by atoms with Gasteiger partial charge in [0.1, 0.15) is 0 Å². The van der Waals surface area contributed by atoms with Crippen molar-refractivity contribution in [3.8, 4) is 0 Å². The van der Waals surface area contributed by atoms with Crippen LogP contribution in [-0.2, 0) is 13.0 Å². The lowest BCUT2D eigenvalue weighted by atomic mass is 9.92.